The van der Waals surface area contributed by atoms with Gasteiger partial charge in [-0.1, -0.05) is 202 Å². The standard InChI is InChI=1S/C34H22O.C27H23N/c1-2-8-23(9-3-1)24-14-16-25(17-15-24)26-18-20-27(21-19-26)31-22-32-29-11-6-7-13-33(29)35-34(32)30-12-5-4-10-28(30)31;1-27(2)25-17-20(19-9-5-3-6-10-19)13-15-23(25)24-16-14-22(18-26(24)27)28-21-11-7-4-8-12-21/h1-22H;3-18,28H,1-2H3. The van der Waals surface area contributed by atoms with Crippen molar-refractivity contribution in [2.75, 3.05) is 5.32 Å². The van der Waals surface area contributed by atoms with E-state index in [1.165, 1.54) is 72.1 Å². The molecule has 0 fully saturated rings. The molecule has 63 heavy (non-hydrogen) atoms. The predicted molar refractivity (Wildman–Crippen MR) is 267 cm³/mol. The molecule has 2 nitrogen and oxygen atoms in total. The molecule has 11 aromatic rings. The lowest BCUT2D eigenvalue weighted by atomic mass is 9.81. The van der Waals surface area contributed by atoms with Crippen molar-refractivity contribution >= 4 is 44.1 Å². The lowest BCUT2D eigenvalue weighted by molar-refractivity contribution is 0.661. The van der Waals surface area contributed by atoms with Crippen LogP contribution in [0, 0.1) is 0 Å². The van der Waals surface area contributed by atoms with Gasteiger partial charge in [0, 0.05) is 32.9 Å². The fraction of sp³-hybridized carbons (Fsp3) is 0.0492. The Kier molecular flexibility index (Phi) is 9.55. The summed E-state index contributed by atoms with van der Waals surface area (Å²) in [7, 11) is 0. The van der Waals surface area contributed by atoms with Crippen LogP contribution in [0.5, 0.6) is 0 Å². The van der Waals surface area contributed by atoms with Crippen molar-refractivity contribution in [1.29, 1.82) is 0 Å². The van der Waals surface area contributed by atoms with Crippen LogP contribution in [0.3, 0.4) is 0 Å². The third kappa shape index (κ3) is 7.06. The first-order valence-electron chi connectivity index (χ1n) is 21.7. The third-order valence-electron chi connectivity index (χ3n) is 12.8. The van der Waals surface area contributed by atoms with Crippen molar-refractivity contribution in [3.63, 3.8) is 0 Å². The van der Waals surface area contributed by atoms with Crippen LogP contribution in [0.15, 0.2) is 235 Å². The minimum atomic E-state index is -0.0240. The molecule has 1 aromatic heterocycles. The number of rotatable bonds is 6. The fourth-order valence-corrected chi connectivity index (χ4v) is 9.43. The maximum Gasteiger partial charge on any atom is 0.143 e. The minimum absolute atomic E-state index is 0.0240. The zero-order valence-corrected chi connectivity index (χ0v) is 35.3. The summed E-state index contributed by atoms with van der Waals surface area (Å²) in [6.45, 7) is 4.66. The Morgan fingerprint density at radius 2 is 0.778 bits per heavy atom. The van der Waals surface area contributed by atoms with Gasteiger partial charge >= 0.3 is 0 Å². The average molecular weight is 808 g/mol. The molecule has 12 rings (SSSR count). The van der Waals surface area contributed by atoms with E-state index >= 15 is 0 Å². The Hall–Kier alpha value is -7.94. The van der Waals surface area contributed by atoms with E-state index in [0.29, 0.717) is 0 Å². The SMILES string of the molecule is CC1(C)c2cc(Nc3ccccc3)ccc2-c2ccc(-c3ccccc3)cc21.c1ccc(-c2ccc(-c3ccc(-c4cc5c6ccccc6oc5c5ccccc45)cc3)cc2)cc1. The van der Waals surface area contributed by atoms with Crippen molar-refractivity contribution in [3.05, 3.63) is 242 Å². The molecule has 0 bridgehead atoms. The van der Waals surface area contributed by atoms with Gasteiger partial charge in [-0.2, -0.15) is 0 Å². The van der Waals surface area contributed by atoms with Crippen LogP contribution in [0.1, 0.15) is 25.0 Å². The van der Waals surface area contributed by atoms with E-state index in [2.05, 4.69) is 231 Å². The van der Waals surface area contributed by atoms with Crippen molar-refractivity contribution in [3.8, 4) is 55.6 Å². The molecule has 0 unspecified atom stereocenters. The van der Waals surface area contributed by atoms with Crippen molar-refractivity contribution in [2.24, 2.45) is 0 Å². The number of hydrogen-bond donors (Lipinski definition) is 1. The van der Waals surface area contributed by atoms with Gasteiger partial charge in [0.1, 0.15) is 11.2 Å². The second-order valence-electron chi connectivity index (χ2n) is 17.0. The quantitative estimate of drug-likeness (QED) is 0.181. The first-order chi connectivity index (χ1) is 31.0. The van der Waals surface area contributed by atoms with E-state index in [0.717, 1.165) is 38.7 Å². The summed E-state index contributed by atoms with van der Waals surface area (Å²) in [6.07, 6.45) is 0. The van der Waals surface area contributed by atoms with E-state index in [1.807, 2.05) is 18.2 Å². The third-order valence-corrected chi connectivity index (χ3v) is 12.8. The molecule has 0 aliphatic heterocycles. The predicted octanol–water partition coefficient (Wildman–Crippen LogP) is 17.1. The molecule has 2 heteroatoms. The summed E-state index contributed by atoms with van der Waals surface area (Å²) < 4.78 is 6.28. The van der Waals surface area contributed by atoms with Gasteiger partial charge in [0.2, 0.25) is 0 Å². The molecule has 0 spiro atoms. The number of anilines is 2. The van der Waals surface area contributed by atoms with Gasteiger partial charge in [-0.05, 0) is 115 Å². The lowest BCUT2D eigenvalue weighted by Gasteiger charge is -2.22. The van der Waals surface area contributed by atoms with Crippen LogP contribution in [-0.2, 0) is 5.41 Å². The number of nitrogens with one attached hydrogen (secondary N) is 1. The molecular formula is C61H45NO. The molecule has 300 valence electrons. The summed E-state index contributed by atoms with van der Waals surface area (Å²) >= 11 is 0. The highest BCUT2D eigenvalue weighted by atomic mass is 16.3. The maximum absolute atomic E-state index is 6.28. The Morgan fingerprint density at radius 3 is 1.41 bits per heavy atom. The Morgan fingerprint density at radius 1 is 0.317 bits per heavy atom. The Labute approximate surface area is 368 Å². The van der Waals surface area contributed by atoms with Gasteiger partial charge in [0.15, 0.2) is 0 Å². The van der Waals surface area contributed by atoms with Gasteiger partial charge in [0.05, 0.1) is 0 Å². The normalized spacial score (nSPS) is 12.4. The van der Waals surface area contributed by atoms with Crippen molar-refractivity contribution in [2.45, 2.75) is 19.3 Å². The monoisotopic (exact) mass is 807 g/mol. The second-order valence-corrected chi connectivity index (χ2v) is 17.0. The number of hydrogen-bond acceptors (Lipinski definition) is 2. The number of fused-ring (bicyclic) bond motifs is 8. The molecule has 1 aliphatic rings. The number of furan rings is 1. The molecule has 1 aliphatic carbocycles. The van der Waals surface area contributed by atoms with Gasteiger partial charge in [-0.15, -0.1) is 0 Å². The van der Waals surface area contributed by atoms with E-state index in [1.54, 1.807) is 0 Å². The largest absolute Gasteiger partial charge is 0.455 e. The van der Waals surface area contributed by atoms with Crippen LogP contribution in [0.2, 0.25) is 0 Å². The Bertz CT molecular complexity index is 3400. The van der Waals surface area contributed by atoms with Gasteiger partial charge in [-0.3, -0.25) is 0 Å². The summed E-state index contributed by atoms with van der Waals surface area (Å²) in [5, 5.41) is 8.21. The lowest BCUT2D eigenvalue weighted by Crippen LogP contribution is -2.15. The molecule has 1 heterocycles. The topological polar surface area (TPSA) is 25.2 Å². The molecule has 0 radical (unpaired) electrons. The second kappa shape index (κ2) is 15.8. The highest BCUT2D eigenvalue weighted by molar-refractivity contribution is 6.19. The smallest absolute Gasteiger partial charge is 0.143 e. The molecule has 0 amide bonds. The number of para-hydroxylation sites is 2. The molecular weight excluding hydrogens is 763 g/mol. The molecule has 0 saturated carbocycles. The summed E-state index contributed by atoms with van der Waals surface area (Å²) in [5.41, 5.74) is 19.5. The van der Waals surface area contributed by atoms with Crippen LogP contribution >= 0.6 is 0 Å². The Balaban J connectivity index is 0.000000145. The van der Waals surface area contributed by atoms with Crippen LogP contribution in [-0.4, -0.2) is 0 Å². The summed E-state index contributed by atoms with van der Waals surface area (Å²) in [4.78, 5) is 0. The summed E-state index contributed by atoms with van der Waals surface area (Å²) in [5.74, 6) is 0. The van der Waals surface area contributed by atoms with Crippen LogP contribution in [0.25, 0.3) is 88.3 Å². The fourth-order valence-electron chi connectivity index (χ4n) is 9.43. The zero-order chi connectivity index (χ0) is 42.3. The average Bonchev–Trinajstić information content (AvgIpc) is 3.84. The summed E-state index contributed by atoms with van der Waals surface area (Å²) in [6, 6.07) is 81.9. The minimum Gasteiger partial charge on any atom is -0.455 e. The van der Waals surface area contributed by atoms with Crippen molar-refractivity contribution < 1.29 is 4.42 Å². The maximum atomic E-state index is 6.28. The van der Waals surface area contributed by atoms with Crippen LogP contribution < -0.4 is 5.32 Å². The molecule has 10 aromatic carbocycles. The van der Waals surface area contributed by atoms with Gasteiger partial charge in [-0.25, -0.2) is 0 Å². The van der Waals surface area contributed by atoms with E-state index in [-0.39, 0.29) is 5.41 Å². The van der Waals surface area contributed by atoms with Gasteiger partial charge < -0.3 is 9.73 Å². The number of benzene rings is 10. The molecule has 0 atom stereocenters. The molecule has 0 saturated heterocycles. The zero-order valence-electron chi connectivity index (χ0n) is 35.3. The van der Waals surface area contributed by atoms with Crippen molar-refractivity contribution in [1.82, 2.24) is 0 Å². The van der Waals surface area contributed by atoms with Gasteiger partial charge in [0.25, 0.3) is 0 Å². The highest BCUT2D eigenvalue weighted by Crippen LogP contribution is 2.50. The van der Waals surface area contributed by atoms with E-state index in [9.17, 15) is 0 Å². The van der Waals surface area contributed by atoms with E-state index < -0.39 is 0 Å². The first-order valence-corrected chi connectivity index (χ1v) is 21.7. The molecule has 1 N–H and O–H groups in total. The highest BCUT2D eigenvalue weighted by Gasteiger charge is 2.35. The van der Waals surface area contributed by atoms with Crippen LogP contribution in [0.4, 0.5) is 11.4 Å². The first kappa shape index (κ1) is 38.0. The van der Waals surface area contributed by atoms with E-state index in [4.69, 9.17) is 4.42 Å².